The fourth-order valence-corrected chi connectivity index (χ4v) is 4.52. The summed E-state index contributed by atoms with van der Waals surface area (Å²) in [5, 5.41) is 5.68. The van der Waals surface area contributed by atoms with E-state index in [2.05, 4.69) is 34.1 Å². The van der Waals surface area contributed by atoms with Crippen LogP contribution in [0.15, 0.2) is 29.2 Å². The van der Waals surface area contributed by atoms with Crippen LogP contribution in [0.5, 0.6) is 0 Å². The van der Waals surface area contributed by atoms with Crippen molar-refractivity contribution < 1.29 is 13.2 Å². The monoisotopic (exact) mass is 410 g/mol. The van der Waals surface area contributed by atoms with Gasteiger partial charge in [-0.3, -0.25) is 0 Å². The van der Waals surface area contributed by atoms with Gasteiger partial charge in [0.2, 0.25) is 10.0 Å². The maximum absolute atomic E-state index is 11.9. The summed E-state index contributed by atoms with van der Waals surface area (Å²) in [4.78, 5) is 14.6. The lowest BCUT2D eigenvalue weighted by molar-refractivity contribution is 0.139. The number of carbonyl (C=O) groups excluding carboxylic acids is 1. The van der Waals surface area contributed by atoms with Gasteiger partial charge >= 0.3 is 6.03 Å². The molecule has 0 spiro atoms. The lowest BCUT2D eigenvalue weighted by atomic mass is 9.92. The molecule has 1 heterocycles. The zero-order chi connectivity index (χ0) is 20.6. The molecule has 1 aromatic carbocycles. The van der Waals surface area contributed by atoms with E-state index in [1.54, 1.807) is 12.1 Å². The van der Waals surface area contributed by atoms with Gasteiger partial charge in [0.15, 0.2) is 0 Å². The van der Waals surface area contributed by atoms with E-state index in [0.29, 0.717) is 13.1 Å². The van der Waals surface area contributed by atoms with E-state index in [4.69, 9.17) is 0 Å². The Labute approximate surface area is 169 Å². The van der Waals surface area contributed by atoms with Crippen LogP contribution in [0.1, 0.15) is 38.7 Å². The minimum absolute atomic E-state index is 0.202. The Kier molecular flexibility index (Phi) is 8.72. The largest absolute Gasteiger partial charge is 0.338 e. The first-order chi connectivity index (χ1) is 13.3. The highest BCUT2D eigenvalue weighted by Gasteiger charge is 2.20. The molecule has 2 rings (SSSR count). The van der Waals surface area contributed by atoms with Crippen molar-refractivity contribution in [1.82, 2.24) is 20.3 Å². The summed E-state index contributed by atoms with van der Waals surface area (Å²) in [6, 6.07) is 6.26. The average molecular weight is 411 g/mol. The van der Waals surface area contributed by atoms with Crippen LogP contribution < -0.4 is 15.4 Å². The molecule has 1 aliphatic rings. The summed E-state index contributed by atoms with van der Waals surface area (Å²) < 4.78 is 25.7. The Morgan fingerprint density at radius 3 is 2.32 bits per heavy atom. The standard InChI is InChI=1S/C20H34N4O3S/c1-16-12-17(2)15-24(14-16)11-5-4-10-22-20(25)23-13-18-6-8-19(9-7-18)28(26,27)21-3/h6-9,16-17,21H,4-5,10-15H2,1-3H3,(H2,22,23,25). The molecule has 0 aromatic heterocycles. The minimum atomic E-state index is -3.43. The number of hydrogen-bond donors (Lipinski definition) is 3. The number of piperidine rings is 1. The van der Waals surface area contributed by atoms with Crippen LogP contribution in [0.3, 0.4) is 0 Å². The third-order valence-electron chi connectivity index (χ3n) is 5.09. The molecule has 1 fully saturated rings. The van der Waals surface area contributed by atoms with Gasteiger partial charge in [0.05, 0.1) is 4.90 Å². The Morgan fingerprint density at radius 2 is 1.71 bits per heavy atom. The summed E-state index contributed by atoms with van der Waals surface area (Å²) in [5.41, 5.74) is 0.846. The number of unbranched alkanes of at least 4 members (excludes halogenated alkanes) is 1. The van der Waals surface area contributed by atoms with Gasteiger partial charge < -0.3 is 15.5 Å². The fraction of sp³-hybridized carbons (Fsp3) is 0.650. The van der Waals surface area contributed by atoms with Gasteiger partial charge in [-0.2, -0.15) is 0 Å². The Bertz CT molecular complexity index is 711. The van der Waals surface area contributed by atoms with Gasteiger partial charge in [-0.25, -0.2) is 17.9 Å². The SMILES string of the molecule is CNS(=O)(=O)c1ccc(CNC(=O)NCCCCN2CC(C)CC(C)C2)cc1. The maximum Gasteiger partial charge on any atom is 0.315 e. The second-order valence-electron chi connectivity index (χ2n) is 7.87. The lowest BCUT2D eigenvalue weighted by Crippen LogP contribution is -2.39. The van der Waals surface area contributed by atoms with E-state index < -0.39 is 10.0 Å². The van der Waals surface area contributed by atoms with Gasteiger partial charge in [0, 0.05) is 26.2 Å². The van der Waals surface area contributed by atoms with E-state index in [9.17, 15) is 13.2 Å². The zero-order valence-electron chi connectivity index (χ0n) is 17.2. The number of likely N-dealkylation sites (tertiary alicyclic amines) is 1. The van der Waals surface area contributed by atoms with Crippen molar-refractivity contribution in [3.05, 3.63) is 29.8 Å². The second kappa shape index (κ2) is 10.8. The van der Waals surface area contributed by atoms with Crippen molar-refractivity contribution in [2.75, 3.05) is 33.2 Å². The Morgan fingerprint density at radius 1 is 1.07 bits per heavy atom. The number of sulfonamides is 1. The number of hydrogen-bond acceptors (Lipinski definition) is 4. The first-order valence-electron chi connectivity index (χ1n) is 10.1. The first-order valence-corrected chi connectivity index (χ1v) is 11.5. The van der Waals surface area contributed by atoms with Crippen molar-refractivity contribution in [2.45, 2.75) is 44.6 Å². The second-order valence-corrected chi connectivity index (χ2v) is 9.76. The molecular weight excluding hydrogens is 376 g/mol. The molecule has 2 unspecified atom stereocenters. The number of nitrogens with one attached hydrogen (secondary N) is 3. The topological polar surface area (TPSA) is 90.5 Å². The molecule has 1 aromatic rings. The molecule has 2 atom stereocenters. The van der Waals surface area contributed by atoms with Crippen LogP contribution in [0.25, 0.3) is 0 Å². The Hall–Kier alpha value is -1.64. The van der Waals surface area contributed by atoms with E-state index >= 15 is 0 Å². The van der Waals surface area contributed by atoms with Crippen LogP contribution in [-0.4, -0.2) is 52.6 Å². The number of carbonyl (C=O) groups is 1. The van der Waals surface area contributed by atoms with Crippen LogP contribution in [0.2, 0.25) is 0 Å². The van der Waals surface area contributed by atoms with Crippen LogP contribution in [-0.2, 0) is 16.6 Å². The van der Waals surface area contributed by atoms with Gasteiger partial charge in [-0.1, -0.05) is 26.0 Å². The number of benzene rings is 1. The van der Waals surface area contributed by atoms with Crippen molar-refractivity contribution >= 4 is 16.1 Å². The first kappa shape index (κ1) is 22.6. The highest BCUT2D eigenvalue weighted by molar-refractivity contribution is 7.89. The summed E-state index contributed by atoms with van der Waals surface area (Å²) in [6.07, 6.45) is 3.37. The van der Waals surface area contributed by atoms with E-state index in [-0.39, 0.29) is 10.9 Å². The predicted octanol–water partition coefficient (Wildman–Crippen LogP) is 2.15. The summed E-state index contributed by atoms with van der Waals surface area (Å²) in [6.45, 7) is 9.13. The van der Waals surface area contributed by atoms with Gasteiger partial charge in [0.1, 0.15) is 0 Å². The van der Waals surface area contributed by atoms with E-state index in [0.717, 1.165) is 36.8 Å². The van der Waals surface area contributed by atoms with Gasteiger partial charge in [0.25, 0.3) is 0 Å². The van der Waals surface area contributed by atoms with Crippen molar-refractivity contribution in [2.24, 2.45) is 11.8 Å². The summed E-state index contributed by atoms with van der Waals surface area (Å²) >= 11 is 0. The molecule has 0 saturated carbocycles. The van der Waals surface area contributed by atoms with Crippen LogP contribution >= 0.6 is 0 Å². The number of urea groups is 1. The van der Waals surface area contributed by atoms with Gasteiger partial charge in [-0.05, 0) is 62.4 Å². The highest BCUT2D eigenvalue weighted by atomic mass is 32.2. The minimum Gasteiger partial charge on any atom is -0.338 e. The molecule has 7 nitrogen and oxygen atoms in total. The number of amides is 2. The molecule has 158 valence electrons. The molecule has 0 aliphatic carbocycles. The molecule has 8 heteroatoms. The smallest absolute Gasteiger partial charge is 0.315 e. The maximum atomic E-state index is 11.9. The zero-order valence-corrected chi connectivity index (χ0v) is 18.0. The normalized spacial score (nSPS) is 20.7. The number of rotatable bonds is 9. The van der Waals surface area contributed by atoms with Crippen LogP contribution in [0, 0.1) is 11.8 Å². The van der Waals surface area contributed by atoms with Crippen LogP contribution in [0.4, 0.5) is 4.79 Å². The van der Waals surface area contributed by atoms with Crippen molar-refractivity contribution in [3.63, 3.8) is 0 Å². The molecule has 2 amide bonds. The fourth-order valence-electron chi connectivity index (χ4n) is 3.79. The molecule has 28 heavy (non-hydrogen) atoms. The third-order valence-corrected chi connectivity index (χ3v) is 6.52. The van der Waals surface area contributed by atoms with E-state index in [1.165, 1.54) is 38.7 Å². The Balaban J connectivity index is 1.60. The molecule has 1 aliphatic heterocycles. The van der Waals surface area contributed by atoms with Crippen molar-refractivity contribution in [1.29, 1.82) is 0 Å². The third kappa shape index (κ3) is 7.41. The molecular formula is C20H34N4O3S. The molecule has 0 bridgehead atoms. The average Bonchev–Trinajstić information content (AvgIpc) is 2.65. The van der Waals surface area contributed by atoms with Gasteiger partial charge in [-0.15, -0.1) is 0 Å². The molecule has 3 N–H and O–H groups in total. The quantitative estimate of drug-likeness (QED) is 0.544. The van der Waals surface area contributed by atoms with Crippen molar-refractivity contribution in [3.8, 4) is 0 Å². The van der Waals surface area contributed by atoms with E-state index in [1.807, 2.05) is 0 Å². The lowest BCUT2D eigenvalue weighted by Gasteiger charge is -2.34. The summed E-state index contributed by atoms with van der Waals surface area (Å²) in [5.74, 6) is 1.56. The molecule has 1 saturated heterocycles. The highest BCUT2D eigenvalue weighted by Crippen LogP contribution is 2.20. The number of nitrogens with zero attached hydrogens (tertiary/aromatic N) is 1. The molecule has 0 radical (unpaired) electrons. The summed E-state index contributed by atoms with van der Waals surface area (Å²) in [7, 11) is -2.05. The predicted molar refractivity (Wildman–Crippen MR) is 112 cm³/mol.